The van der Waals surface area contributed by atoms with Crippen LogP contribution in [0.5, 0.6) is 0 Å². The van der Waals surface area contributed by atoms with Crippen LogP contribution in [0.4, 0.5) is 0 Å². The molecular formula is C27H42N2+2. The van der Waals surface area contributed by atoms with Gasteiger partial charge in [-0.2, -0.15) is 0 Å². The van der Waals surface area contributed by atoms with Gasteiger partial charge in [0.2, 0.25) is 0 Å². The maximum atomic E-state index is 2.42. The lowest BCUT2D eigenvalue weighted by molar-refractivity contribution is -0.698. The molecule has 3 rings (SSSR count). The second kappa shape index (κ2) is 10.4. The van der Waals surface area contributed by atoms with Gasteiger partial charge in [0.1, 0.15) is 13.1 Å². The van der Waals surface area contributed by atoms with Gasteiger partial charge in [0, 0.05) is 41.5 Å². The molecule has 0 saturated heterocycles. The molecule has 0 aliphatic heterocycles. The van der Waals surface area contributed by atoms with Crippen molar-refractivity contribution in [1.29, 1.82) is 0 Å². The maximum Gasteiger partial charge on any atom is 0.173 e. The maximum absolute atomic E-state index is 2.42. The summed E-state index contributed by atoms with van der Waals surface area (Å²) >= 11 is 0. The van der Waals surface area contributed by atoms with Crippen LogP contribution in [0.25, 0.3) is 11.1 Å². The van der Waals surface area contributed by atoms with Gasteiger partial charge in [0.05, 0.1) is 0 Å². The van der Waals surface area contributed by atoms with Gasteiger partial charge in [-0.1, -0.05) is 66.2 Å². The minimum Gasteiger partial charge on any atom is -0.205 e. The summed E-state index contributed by atoms with van der Waals surface area (Å²) < 4.78 is 4.83. The lowest BCUT2D eigenvalue weighted by atomic mass is 9.84. The molecule has 2 aromatic heterocycles. The van der Waals surface area contributed by atoms with E-state index in [0.29, 0.717) is 0 Å². The van der Waals surface area contributed by atoms with Crippen molar-refractivity contribution in [3.63, 3.8) is 0 Å². The number of aromatic nitrogens is 2. The van der Waals surface area contributed by atoms with Crippen LogP contribution >= 0.6 is 0 Å². The molecule has 0 atom stereocenters. The molecule has 0 fully saturated rings. The van der Waals surface area contributed by atoms with Crippen molar-refractivity contribution in [3.05, 3.63) is 48.0 Å². The summed E-state index contributed by atoms with van der Waals surface area (Å²) in [5.41, 5.74) is 5.93. The molecule has 0 spiro atoms. The molecule has 1 aliphatic carbocycles. The Morgan fingerprint density at radius 2 is 1.03 bits per heavy atom. The van der Waals surface area contributed by atoms with E-state index in [4.69, 9.17) is 0 Å². The molecule has 0 saturated carbocycles. The molecule has 0 unspecified atom stereocenters. The van der Waals surface area contributed by atoms with Crippen LogP contribution in [-0.4, -0.2) is 0 Å². The summed E-state index contributed by atoms with van der Waals surface area (Å²) in [4.78, 5) is 0. The average molecular weight is 395 g/mol. The number of pyridine rings is 2. The third kappa shape index (κ3) is 5.27. The van der Waals surface area contributed by atoms with Crippen LogP contribution in [0.1, 0.15) is 103 Å². The first-order valence-electron chi connectivity index (χ1n) is 12.2. The smallest absolute Gasteiger partial charge is 0.173 e. The van der Waals surface area contributed by atoms with E-state index >= 15 is 0 Å². The average Bonchev–Trinajstić information content (AvgIpc) is 2.94. The van der Waals surface area contributed by atoms with Gasteiger partial charge in [0.25, 0.3) is 0 Å². The van der Waals surface area contributed by atoms with E-state index in [2.05, 4.69) is 73.7 Å². The summed E-state index contributed by atoms with van der Waals surface area (Å²) in [6.07, 6.45) is 22.8. The highest BCUT2D eigenvalue weighted by Gasteiger charge is 2.39. The fraction of sp³-hybridized carbons (Fsp3) is 0.630. The van der Waals surface area contributed by atoms with Crippen molar-refractivity contribution in [1.82, 2.24) is 0 Å². The molecule has 158 valence electrons. The van der Waals surface area contributed by atoms with Crippen LogP contribution in [0.3, 0.4) is 0 Å². The first kappa shape index (κ1) is 22.0. The van der Waals surface area contributed by atoms with Gasteiger partial charge in [0.15, 0.2) is 24.8 Å². The monoisotopic (exact) mass is 394 g/mol. The fourth-order valence-electron chi connectivity index (χ4n) is 4.76. The van der Waals surface area contributed by atoms with Gasteiger partial charge in [-0.15, -0.1) is 0 Å². The van der Waals surface area contributed by atoms with Crippen molar-refractivity contribution in [2.75, 3.05) is 0 Å². The molecular weight excluding hydrogens is 352 g/mol. The second-order valence-corrected chi connectivity index (χ2v) is 9.47. The number of hydrogen-bond acceptors (Lipinski definition) is 0. The predicted octanol–water partition coefficient (Wildman–Crippen LogP) is 6.51. The zero-order valence-corrected chi connectivity index (χ0v) is 19.3. The Morgan fingerprint density at radius 1 is 0.621 bits per heavy atom. The minimum atomic E-state index is 0.0844. The Balaban J connectivity index is 1.68. The largest absolute Gasteiger partial charge is 0.205 e. The van der Waals surface area contributed by atoms with E-state index in [9.17, 15) is 0 Å². The molecule has 29 heavy (non-hydrogen) atoms. The number of fused-ring (bicyclic) bond motifs is 3. The molecule has 2 heterocycles. The summed E-state index contributed by atoms with van der Waals surface area (Å²) in [6.45, 7) is 11.6. The van der Waals surface area contributed by atoms with E-state index in [-0.39, 0.29) is 5.41 Å². The van der Waals surface area contributed by atoms with Crippen molar-refractivity contribution in [2.24, 2.45) is 0 Å². The highest BCUT2D eigenvalue weighted by atomic mass is 14.9. The highest BCUT2D eigenvalue weighted by Crippen LogP contribution is 2.47. The Hall–Kier alpha value is -1.70. The van der Waals surface area contributed by atoms with Crippen molar-refractivity contribution in [3.8, 4) is 11.1 Å². The summed E-state index contributed by atoms with van der Waals surface area (Å²) in [5, 5.41) is 0. The first-order valence-corrected chi connectivity index (χ1v) is 12.2. The number of nitrogens with zero attached hydrogens (tertiary/aromatic N) is 2. The topological polar surface area (TPSA) is 7.76 Å². The fourth-order valence-corrected chi connectivity index (χ4v) is 4.76. The van der Waals surface area contributed by atoms with Crippen LogP contribution in [0, 0.1) is 0 Å². The standard InChI is InChI=1S/C27H42N2/c1-5-7-9-11-13-17-28-19-15-23-24-16-20-29(18-14-12-10-8-6-2)22-26(24)27(3,4)25(23)21-28/h15-16,19-22H,5-14,17-18H2,1-4H3/q+2. The van der Waals surface area contributed by atoms with E-state index in [1.54, 1.807) is 0 Å². The van der Waals surface area contributed by atoms with Gasteiger partial charge < -0.3 is 0 Å². The molecule has 2 nitrogen and oxygen atoms in total. The lowest BCUT2D eigenvalue weighted by Gasteiger charge is -2.18. The van der Waals surface area contributed by atoms with E-state index < -0.39 is 0 Å². The Kier molecular flexibility index (Phi) is 7.86. The first-order chi connectivity index (χ1) is 14.1. The quantitative estimate of drug-likeness (QED) is 0.286. The third-order valence-electron chi connectivity index (χ3n) is 6.71. The van der Waals surface area contributed by atoms with E-state index in [1.165, 1.54) is 86.5 Å². The highest BCUT2D eigenvalue weighted by molar-refractivity contribution is 5.78. The van der Waals surface area contributed by atoms with Gasteiger partial charge in [-0.25, -0.2) is 9.13 Å². The Bertz CT molecular complexity index is 726. The van der Waals surface area contributed by atoms with Crippen molar-refractivity contribution < 1.29 is 9.13 Å². The number of hydrogen-bond donors (Lipinski definition) is 0. The molecule has 0 bridgehead atoms. The van der Waals surface area contributed by atoms with E-state index in [1.807, 2.05) is 0 Å². The molecule has 0 aromatic carbocycles. The summed E-state index contributed by atoms with van der Waals surface area (Å²) in [6, 6.07) is 4.70. The van der Waals surface area contributed by atoms with Crippen LogP contribution in [0.15, 0.2) is 36.9 Å². The molecule has 2 heteroatoms. The van der Waals surface area contributed by atoms with Crippen LogP contribution < -0.4 is 9.13 Å². The molecule has 0 radical (unpaired) electrons. The third-order valence-corrected chi connectivity index (χ3v) is 6.71. The SMILES string of the molecule is CCCCCCC[n+]1ccc2c(c1)C(C)(C)c1c[n+](CCCCCCC)ccc1-2. The molecule has 0 N–H and O–H groups in total. The molecule has 1 aliphatic rings. The zero-order valence-electron chi connectivity index (χ0n) is 19.3. The minimum absolute atomic E-state index is 0.0844. The number of unbranched alkanes of at least 4 members (excludes halogenated alkanes) is 8. The number of rotatable bonds is 12. The number of aryl methyl sites for hydroxylation is 2. The Morgan fingerprint density at radius 3 is 1.45 bits per heavy atom. The second-order valence-electron chi connectivity index (χ2n) is 9.47. The van der Waals surface area contributed by atoms with Crippen LogP contribution in [-0.2, 0) is 18.5 Å². The zero-order chi connectivity index (χ0) is 20.7. The van der Waals surface area contributed by atoms with Crippen molar-refractivity contribution in [2.45, 2.75) is 110 Å². The summed E-state index contributed by atoms with van der Waals surface area (Å²) in [7, 11) is 0. The van der Waals surface area contributed by atoms with Gasteiger partial charge in [-0.3, -0.25) is 0 Å². The molecule has 0 amide bonds. The lowest BCUT2D eigenvalue weighted by Crippen LogP contribution is -2.36. The Labute approximate surface area is 179 Å². The normalized spacial score (nSPS) is 14.1. The van der Waals surface area contributed by atoms with Crippen LogP contribution in [0.2, 0.25) is 0 Å². The van der Waals surface area contributed by atoms with Gasteiger partial charge in [-0.05, 0) is 24.0 Å². The molecule has 2 aromatic rings. The predicted molar refractivity (Wildman–Crippen MR) is 122 cm³/mol. The van der Waals surface area contributed by atoms with Gasteiger partial charge >= 0.3 is 0 Å². The summed E-state index contributed by atoms with van der Waals surface area (Å²) in [5.74, 6) is 0. The van der Waals surface area contributed by atoms with Crippen molar-refractivity contribution >= 4 is 0 Å². The van der Waals surface area contributed by atoms with E-state index in [0.717, 1.165) is 13.1 Å².